The smallest absolute Gasteiger partial charge is 0.00206 e. The second-order valence-corrected chi connectivity index (χ2v) is 4.84. The predicted octanol–water partition coefficient (Wildman–Crippen LogP) is 3.59. The van der Waals surface area contributed by atoms with Crippen molar-refractivity contribution < 1.29 is 0 Å². The molecule has 0 heterocycles. The number of hydrogen-bond donors (Lipinski definition) is 1. The SMILES string of the molecule is CCCC1CCCC(CNCC)CC1. The van der Waals surface area contributed by atoms with E-state index in [4.69, 9.17) is 0 Å². The quantitative estimate of drug-likeness (QED) is 0.664. The van der Waals surface area contributed by atoms with Gasteiger partial charge in [-0.1, -0.05) is 46.0 Å². The van der Waals surface area contributed by atoms with Crippen LogP contribution in [-0.2, 0) is 0 Å². The van der Waals surface area contributed by atoms with Crippen molar-refractivity contribution in [3.05, 3.63) is 0 Å². The molecule has 1 aliphatic rings. The fourth-order valence-corrected chi connectivity index (χ4v) is 2.70. The lowest BCUT2D eigenvalue weighted by Gasteiger charge is -2.14. The van der Waals surface area contributed by atoms with E-state index in [1.54, 1.807) is 0 Å². The van der Waals surface area contributed by atoms with Crippen molar-refractivity contribution in [1.82, 2.24) is 5.32 Å². The summed E-state index contributed by atoms with van der Waals surface area (Å²) in [6.45, 7) is 6.92. The van der Waals surface area contributed by atoms with E-state index in [1.807, 2.05) is 0 Å². The molecule has 0 spiro atoms. The van der Waals surface area contributed by atoms with Crippen LogP contribution in [-0.4, -0.2) is 13.1 Å². The van der Waals surface area contributed by atoms with Gasteiger partial charge in [0.15, 0.2) is 0 Å². The Bertz CT molecular complexity index is 133. The van der Waals surface area contributed by atoms with Crippen LogP contribution in [0.3, 0.4) is 0 Å². The van der Waals surface area contributed by atoms with Crippen molar-refractivity contribution in [2.24, 2.45) is 11.8 Å². The summed E-state index contributed by atoms with van der Waals surface area (Å²) in [5.41, 5.74) is 0. The van der Waals surface area contributed by atoms with Crippen molar-refractivity contribution in [2.75, 3.05) is 13.1 Å². The summed E-state index contributed by atoms with van der Waals surface area (Å²) in [5, 5.41) is 3.49. The zero-order valence-electron chi connectivity index (χ0n) is 10.0. The molecule has 84 valence electrons. The lowest BCUT2D eigenvalue weighted by molar-refractivity contribution is 0.398. The highest BCUT2D eigenvalue weighted by molar-refractivity contribution is 4.71. The molecule has 0 amide bonds. The molecule has 1 nitrogen and oxygen atoms in total. The first-order valence-electron chi connectivity index (χ1n) is 6.57. The molecule has 0 radical (unpaired) electrons. The highest BCUT2D eigenvalue weighted by Gasteiger charge is 2.17. The molecule has 1 heteroatoms. The van der Waals surface area contributed by atoms with E-state index in [0.29, 0.717) is 0 Å². The minimum atomic E-state index is 0.969. The second-order valence-electron chi connectivity index (χ2n) is 4.84. The van der Waals surface area contributed by atoms with Crippen molar-refractivity contribution in [1.29, 1.82) is 0 Å². The highest BCUT2D eigenvalue weighted by atomic mass is 14.8. The number of rotatable bonds is 5. The summed E-state index contributed by atoms with van der Waals surface area (Å²) in [6.07, 6.45) is 10.2. The maximum Gasteiger partial charge on any atom is -0.00206 e. The first-order valence-corrected chi connectivity index (χ1v) is 6.57. The van der Waals surface area contributed by atoms with Gasteiger partial charge < -0.3 is 5.32 Å². The van der Waals surface area contributed by atoms with Crippen LogP contribution in [0.4, 0.5) is 0 Å². The molecule has 0 aromatic rings. The van der Waals surface area contributed by atoms with E-state index in [0.717, 1.165) is 18.4 Å². The molecule has 1 aliphatic carbocycles. The first kappa shape index (κ1) is 12.0. The predicted molar refractivity (Wildman–Crippen MR) is 63.5 cm³/mol. The number of nitrogens with one attached hydrogen (secondary N) is 1. The minimum Gasteiger partial charge on any atom is -0.317 e. The third-order valence-electron chi connectivity index (χ3n) is 3.59. The van der Waals surface area contributed by atoms with Gasteiger partial charge in [0, 0.05) is 0 Å². The van der Waals surface area contributed by atoms with Crippen molar-refractivity contribution >= 4 is 0 Å². The van der Waals surface area contributed by atoms with Gasteiger partial charge in [-0.15, -0.1) is 0 Å². The molecule has 0 aliphatic heterocycles. The Kier molecular flexibility index (Phi) is 6.25. The van der Waals surface area contributed by atoms with Gasteiger partial charge in [-0.3, -0.25) is 0 Å². The van der Waals surface area contributed by atoms with Gasteiger partial charge in [-0.25, -0.2) is 0 Å². The van der Waals surface area contributed by atoms with Gasteiger partial charge in [0.1, 0.15) is 0 Å². The van der Waals surface area contributed by atoms with Gasteiger partial charge in [-0.2, -0.15) is 0 Å². The van der Waals surface area contributed by atoms with Gasteiger partial charge in [-0.05, 0) is 37.8 Å². The van der Waals surface area contributed by atoms with Crippen LogP contribution in [0.15, 0.2) is 0 Å². The third-order valence-corrected chi connectivity index (χ3v) is 3.59. The topological polar surface area (TPSA) is 12.0 Å². The molecule has 1 fully saturated rings. The van der Waals surface area contributed by atoms with E-state index in [1.165, 1.54) is 51.5 Å². The van der Waals surface area contributed by atoms with Crippen LogP contribution in [0.2, 0.25) is 0 Å². The van der Waals surface area contributed by atoms with Crippen LogP contribution in [0, 0.1) is 11.8 Å². The molecular weight excluding hydrogens is 170 g/mol. The molecule has 14 heavy (non-hydrogen) atoms. The first-order chi connectivity index (χ1) is 6.86. The van der Waals surface area contributed by atoms with Gasteiger partial charge in [0.05, 0.1) is 0 Å². The summed E-state index contributed by atoms with van der Waals surface area (Å²) < 4.78 is 0. The number of hydrogen-bond acceptors (Lipinski definition) is 1. The Balaban J connectivity index is 2.19. The Labute approximate surface area is 89.7 Å². The molecule has 2 unspecified atom stereocenters. The van der Waals surface area contributed by atoms with E-state index >= 15 is 0 Å². The lowest BCUT2D eigenvalue weighted by Crippen LogP contribution is -2.22. The standard InChI is InChI=1S/C13H27N/c1-3-6-12-7-5-8-13(10-9-12)11-14-4-2/h12-14H,3-11H2,1-2H3. The average molecular weight is 197 g/mol. The summed E-state index contributed by atoms with van der Waals surface area (Å²) in [7, 11) is 0. The molecule has 1 saturated carbocycles. The zero-order valence-corrected chi connectivity index (χ0v) is 10.0. The van der Waals surface area contributed by atoms with E-state index < -0.39 is 0 Å². The molecule has 1 N–H and O–H groups in total. The van der Waals surface area contributed by atoms with Crippen LogP contribution in [0.1, 0.15) is 58.8 Å². The van der Waals surface area contributed by atoms with Crippen molar-refractivity contribution in [3.8, 4) is 0 Å². The van der Waals surface area contributed by atoms with E-state index in [9.17, 15) is 0 Å². The fraction of sp³-hybridized carbons (Fsp3) is 1.00. The lowest BCUT2D eigenvalue weighted by atomic mass is 9.94. The maximum absolute atomic E-state index is 3.49. The Morgan fingerprint density at radius 2 is 1.71 bits per heavy atom. The van der Waals surface area contributed by atoms with Crippen LogP contribution < -0.4 is 5.32 Å². The second kappa shape index (κ2) is 7.28. The van der Waals surface area contributed by atoms with Crippen LogP contribution >= 0.6 is 0 Å². The molecule has 0 bridgehead atoms. The summed E-state index contributed by atoms with van der Waals surface area (Å²) >= 11 is 0. The third kappa shape index (κ3) is 4.45. The zero-order chi connectivity index (χ0) is 10.2. The molecule has 0 aromatic carbocycles. The van der Waals surface area contributed by atoms with Crippen molar-refractivity contribution in [2.45, 2.75) is 58.8 Å². The van der Waals surface area contributed by atoms with Gasteiger partial charge in [0.2, 0.25) is 0 Å². The average Bonchev–Trinajstić information content (AvgIpc) is 2.41. The molecule has 0 saturated heterocycles. The van der Waals surface area contributed by atoms with E-state index in [2.05, 4.69) is 19.2 Å². The summed E-state index contributed by atoms with van der Waals surface area (Å²) in [6, 6.07) is 0. The largest absolute Gasteiger partial charge is 0.317 e. The highest BCUT2D eigenvalue weighted by Crippen LogP contribution is 2.29. The molecule has 0 aromatic heterocycles. The minimum absolute atomic E-state index is 0.969. The Hall–Kier alpha value is -0.0400. The van der Waals surface area contributed by atoms with Crippen molar-refractivity contribution in [3.63, 3.8) is 0 Å². The summed E-state index contributed by atoms with van der Waals surface area (Å²) in [4.78, 5) is 0. The summed E-state index contributed by atoms with van der Waals surface area (Å²) in [5.74, 6) is 2.02. The maximum atomic E-state index is 3.49. The van der Waals surface area contributed by atoms with Gasteiger partial charge in [0.25, 0.3) is 0 Å². The molecular formula is C13H27N. The van der Waals surface area contributed by atoms with Gasteiger partial charge >= 0.3 is 0 Å². The monoisotopic (exact) mass is 197 g/mol. The molecule has 2 atom stereocenters. The molecule has 1 rings (SSSR count). The Morgan fingerprint density at radius 1 is 1.00 bits per heavy atom. The normalized spacial score (nSPS) is 28.7. The Morgan fingerprint density at radius 3 is 2.43 bits per heavy atom. The van der Waals surface area contributed by atoms with Crippen LogP contribution in [0.5, 0.6) is 0 Å². The van der Waals surface area contributed by atoms with E-state index in [-0.39, 0.29) is 0 Å². The van der Waals surface area contributed by atoms with Crippen LogP contribution in [0.25, 0.3) is 0 Å². The fourth-order valence-electron chi connectivity index (χ4n) is 2.70.